The second-order valence-electron chi connectivity index (χ2n) is 4.43. The minimum Gasteiger partial charge on any atom is -0.324 e. The number of phosphoric acid groups is 3. The van der Waals surface area contributed by atoms with E-state index in [0.717, 1.165) is 0 Å². The zero-order chi connectivity index (χ0) is 19.3. The average Bonchev–Trinajstić information content (AvgIpc) is 2.06. The van der Waals surface area contributed by atoms with Crippen LogP contribution in [-0.2, 0) is 31.4 Å². The first-order valence-electron chi connectivity index (χ1n) is 5.65. The second-order valence-corrected chi connectivity index (χ2v) is 11.0. The van der Waals surface area contributed by atoms with Crippen molar-refractivity contribution in [2.24, 2.45) is 0 Å². The Bertz CT molecular complexity index is 543. The molecular formula is C6H20O13P4. The maximum absolute atomic E-state index is 10.8. The highest BCUT2D eigenvalue weighted by Crippen LogP contribution is 2.59. The molecule has 0 saturated heterocycles. The van der Waals surface area contributed by atoms with E-state index in [1.165, 1.54) is 27.7 Å². The van der Waals surface area contributed by atoms with E-state index in [-0.39, 0.29) is 0 Å². The van der Waals surface area contributed by atoms with Crippen LogP contribution in [0.1, 0.15) is 27.7 Å². The Morgan fingerprint density at radius 3 is 1.22 bits per heavy atom. The minimum atomic E-state index is -4.98. The molecule has 0 bridgehead atoms. The van der Waals surface area contributed by atoms with Gasteiger partial charge in [0.1, 0.15) is 0 Å². The van der Waals surface area contributed by atoms with Crippen molar-refractivity contribution < 1.29 is 60.8 Å². The van der Waals surface area contributed by atoms with Crippen molar-refractivity contribution in [1.29, 1.82) is 0 Å². The maximum atomic E-state index is 10.8. The number of hydrogen-bond acceptors (Lipinski definition) is 7. The Hall–Kier alpha value is 0.560. The van der Waals surface area contributed by atoms with E-state index in [1.807, 2.05) is 0 Å². The Morgan fingerprint density at radius 2 is 1.04 bits per heavy atom. The lowest BCUT2D eigenvalue weighted by atomic mass is 10.5. The first-order valence-corrected chi connectivity index (χ1v) is 11.8. The Morgan fingerprint density at radius 1 is 0.696 bits per heavy atom. The van der Waals surface area contributed by atoms with Gasteiger partial charge in [-0.05, 0) is 13.8 Å². The van der Waals surface area contributed by atoms with E-state index < -0.39 is 42.8 Å². The lowest BCUT2D eigenvalue weighted by molar-refractivity contribution is 0.146. The van der Waals surface area contributed by atoms with Crippen molar-refractivity contribution in [3.63, 3.8) is 0 Å². The van der Waals surface area contributed by atoms with Crippen LogP contribution in [0.3, 0.4) is 0 Å². The van der Waals surface area contributed by atoms with Crippen LogP contribution >= 0.6 is 31.1 Å². The van der Waals surface area contributed by atoms with Gasteiger partial charge >= 0.3 is 31.1 Å². The highest BCUT2D eigenvalue weighted by molar-refractivity contribution is 7.64. The lowest BCUT2D eigenvalue weighted by Gasteiger charge is -2.14. The molecule has 0 aromatic heterocycles. The fourth-order valence-corrected chi connectivity index (χ4v) is 4.40. The molecule has 0 amide bonds. The van der Waals surface area contributed by atoms with Crippen molar-refractivity contribution in [1.82, 2.24) is 0 Å². The normalized spacial score (nSPS) is 18.1. The summed E-state index contributed by atoms with van der Waals surface area (Å²) in [5, 5.41) is 0. The third-order valence-electron chi connectivity index (χ3n) is 1.43. The van der Waals surface area contributed by atoms with E-state index in [1.54, 1.807) is 0 Å². The molecule has 0 radical (unpaired) electrons. The van der Waals surface area contributed by atoms with Gasteiger partial charge in [-0.2, -0.15) is 4.31 Å². The van der Waals surface area contributed by atoms with Crippen LogP contribution in [0.2, 0.25) is 0 Å². The molecule has 0 aliphatic carbocycles. The van der Waals surface area contributed by atoms with Crippen molar-refractivity contribution in [3.8, 4) is 0 Å². The van der Waals surface area contributed by atoms with Crippen LogP contribution in [0.25, 0.3) is 0 Å². The summed E-state index contributed by atoms with van der Waals surface area (Å²) >= 11 is 0. The molecule has 0 fully saturated rings. The molecule has 6 N–H and O–H groups in total. The maximum Gasteiger partial charge on any atom is 0.481 e. The van der Waals surface area contributed by atoms with Crippen molar-refractivity contribution in [3.05, 3.63) is 0 Å². The summed E-state index contributed by atoms with van der Waals surface area (Å²) in [5.74, 6) is 0. The summed E-state index contributed by atoms with van der Waals surface area (Å²) in [6.07, 6.45) is -0.660. The van der Waals surface area contributed by atoms with Gasteiger partial charge in [0.05, 0.1) is 11.8 Å². The third kappa shape index (κ3) is 17.2. The number of rotatable bonds is 7. The lowest BCUT2D eigenvalue weighted by Crippen LogP contribution is -2.01. The van der Waals surface area contributed by atoms with Crippen LogP contribution in [0, 0.1) is 0 Å². The molecule has 23 heavy (non-hydrogen) atoms. The fourth-order valence-electron chi connectivity index (χ4n) is 0.667. The van der Waals surface area contributed by atoms with Gasteiger partial charge in [-0.15, -0.1) is 0 Å². The van der Waals surface area contributed by atoms with Gasteiger partial charge in [-0.3, -0.25) is 9.09 Å². The first kappa shape index (κ1) is 25.8. The van der Waals surface area contributed by atoms with Gasteiger partial charge in [0.25, 0.3) is 0 Å². The quantitative estimate of drug-likeness (QED) is 0.318. The number of phosphoric ester groups is 1. The molecule has 0 saturated carbocycles. The van der Waals surface area contributed by atoms with E-state index in [9.17, 15) is 18.3 Å². The van der Waals surface area contributed by atoms with Crippen molar-refractivity contribution >= 4 is 31.1 Å². The summed E-state index contributed by atoms with van der Waals surface area (Å²) < 4.78 is 53.0. The smallest absolute Gasteiger partial charge is 0.324 e. The van der Waals surface area contributed by atoms with Gasteiger partial charge in [-0.25, -0.2) is 18.0 Å². The van der Waals surface area contributed by atoms with Gasteiger partial charge in [-0.1, -0.05) is 13.8 Å². The van der Waals surface area contributed by atoms with Crippen LogP contribution in [-0.4, -0.2) is 41.1 Å². The number of hydrogen-bond donors (Lipinski definition) is 6. The molecule has 0 aromatic carbocycles. The molecule has 0 aliphatic heterocycles. The van der Waals surface area contributed by atoms with E-state index in [2.05, 4.69) is 13.1 Å². The summed E-state index contributed by atoms with van der Waals surface area (Å²) in [6.45, 7) is 5.50. The average molecular weight is 424 g/mol. The second kappa shape index (κ2) is 9.31. The van der Waals surface area contributed by atoms with Crippen LogP contribution in [0.15, 0.2) is 0 Å². The molecule has 13 nitrogen and oxygen atoms in total. The van der Waals surface area contributed by atoms with Gasteiger partial charge in [0.15, 0.2) is 0 Å². The summed E-state index contributed by atoms with van der Waals surface area (Å²) in [6, 6.07) is 0. The molecule has 0 rings (SSSR count). The third-order valence-corrected chi connectivity index (χ3v) is 6.89. The summed E-state index contributed by atoms with van der Waals surface area (Å²) in [5.41, 5.74) is -0.824. The standard InChI is InChI=1S/C3H10O7P2.C3H10O6P2/c1-3(2)9-12(7,8)10-11(4,5)6;1-3(2)10(4,5)9-11(6,7)8/h3H,1-2H3,(H,7,8)(H2,4,5,6);3H,1-2H3,(H,4,5)(H2,6,7,8). The Kier molecular flexibility index (Phi) is 10.4. The summed E-state index contributed by atoms with van der Waals surface area (Å²) in [7, 11) is -18.6. The van der Waals surface area contributed by atoms with E-state index >= 15 is 0 Å². The Labute approximate surface area is 132 Å². The SMILES string of the molecule is CC(C)OP(=O)(O)OP(=O)(O)O.CC(C)P(=O)(O)OP(=O)(O)O. The van der Waals surface area contributed by atoms with E-state index in [0.29, 0.717) is 0 Å². The molecular weight excluding hydrogens is 404 g/mol. The molecule has 0 aliphatic rings. The topological polar surface area (TPSA) is 217 Å². The molecule has 2 unspecified atom stereocenters. The van der Waals surface area contributed by atoms with Crippen molar-refractivity contribution in [2.45, 2.75) is 39.5 Å². The predicted octanol–water partition coefficient (Wildman–Crippen LogP) is 1.31. The van der Waals surface area contributed by atoms with Crippen LogP contribution in [0.5, 0.6) is 0 Å². The van der Waals surface area contributed by atoms with Gasteiger partial charge in [0.2, 0.25) is 0 Å². The molecule has 142 valence electrons. The van der Waals surface area contributed by atoms with Gasteiger partial charge in [0, 0.05) is 0 Å². The van der Waals surface area contributed by atoms with Crippen LogP contribution < -0.4 is 0 Å². The largest absolute Gasteiger partial charge is 0.481 e. The predicted molar refractivity (Wildman–Crippen MR) is 77.3 cm³/mol. The highest BCUT2D eigenvalue weighted by Gasteiger charge is 2.34. The first-order chi connectivity index (χ1) is 9.77. The zero-order valence-electron chi connectivity index (χ0n) is 12.5. The fraction of sp³-hybridized carbons (Fsp3) is 1.00. The van der Waals surface area contributed by atoms with Crippen molar-refractivity contribution in [2.75, 3.05) is 0 Å². The molecule has 0 aromatic rings. The Balaban J connectivity index is 0. The van der Waals surface area contributed by atoms with Crippen LogP contribution in [0.4, 0.5) is 0 Å². The van der Waals surface area contributed by atoms with E-state index in [4.69, 9.17) is 29.4 Å². The highest BCUT2D eigenvalue weighted by atomic mass is 31.3. The minimum absolute atomic E-state index is 0.660. The molecule has 2 atom stereocenters. The molecule has 0 heterocycles. The zero-order valence-corrected chi connectivity index (χ0v) is 16.1. The molecule has 17 heteroatoms. The monoisotopic (exact) mass is 424 g/mol. The molecule has 0 spiro atoms. The van der Waals surface area contributed by atoms with Gasteiger partial charge < -0.3 is 29.4 Å². The summed E-state index contributed by atoms with van der Waals surface area (Å²) in [4.78, 5) is 50.0.